The third-order valence-electron chi connectivity index (χ3n) is 9.43. The zero-order valence-corrected chi connectivity index (χ0v) is 32.5. The molecule has 0 aliphatic heterocycles. The van der Waals surface area contributed by atoms with E-state index in [4.69, 9.17) is 0 Å². The van der Waals surface area contributed by atoms with Gasteiger partial charge in [-0.15, -0.1) is 45.3 Å². The summed E-state index contributed by atoms with van der Waals surface area (Å²) in [5.74, 6) is 1.32. The molecule has 8 heteroatoms. The number of unbranched alkanes of at least 4 members (excludes halogenated alkanes) is 2. The van der Waals surface area contributed by atoms with Crippen molar-refractivity contribution in [3.8, 4) is 45.2 Å². The zero-order valence-electron chi connectivity index (χ0n) is 29.3. The van der Waals surface area contributed by atoms with E-state index >= 15 is 0 Å². The molecule has 0 saturated carbocycles. The molecule has 4 aromatic heterocycles. The van der Waals surface area contributed by atoms with Crippen LogP contribution in [0.3, 0.4) is 0 Å². The minimum Gasteiger partial charge on any atom is -0.192 e. The maximum Gasteiger partial charge on any atom is 0.131 e. The summed E-state index contributed by atoms with van der Waals surface area (Å²) in [6.07, 6.45) is 15.3. The number of hydrogen-bond donors (Lipinski definition) is 0. The van der Waals surface area contributed by atoms with E-state index in [0.29, 0.717) is 11.8 Å². The second-order valence-corrected chi connectivity index (χ2v) is 17.4. The highest BCUT2D eigenvalue weighted by Gasteiger charge is 2.24. The van der Waals surface area contributed by atoms with Crippen LogP contribution in [0.4, 0.5) is 0 Å². The first kappa shape index (κ1) is 37.2. The van der Waals surface area contributed by atoms with Crippen LogP contribution in [0.15, 0.2) is 47.5 Å². The summed E-state index contributed by atoms with van der Waals surface area (Å²) in [6.45, 7) is 9.09. The Balaban J connectivity index is 1.76. The van der Waals surface area contributed by atoms with Crippen molar-refractivity contribution in [3.05, 3.63) is 67.1 Å². The predicted molar refractivity (Wildman–Crippen MR) is 216 cm³/mol. The van der Waals surface area contributed by atoms with Crippen LogP contribution in [0.25, 0.3) is 53.2 Å². The molecule has 0 radical (unpaired) electrons. The van der Waals surface area contributed by atoms with Gasteiger partial charge in [0.15, 0.2) is 0 Å². The quantitative estimate of drug-likeness (QED) is 0.0944. The summed E-state index contributed by atoms with van der Waals surface area (Å²) in [4.78, 5) is 6.88. The number of thiophene rings is 4. The molecule has 2 atom stereocenters. The fraction of sp³-hybridized carbons (Fsp3) is 0.381. The average Bonchev–Trinajstić information content (AvgIpc) is 3.95. The second-order valence-electron chi connectivity index (χ2n) is 12.9. The van der Waals surface area contributed by atoms with E-state index in [2.05, 4.69) is 64.1 Å². The van der Waals surface area contributed by atoms with Crippen LogP contribution in [0.1, 0.15) is 98.6 Å². The van der Waals surface area contributed by atoms with E-state index in [0.717, 1.165) is 66.7 Å². The third-order valence-corrected chi connectivity index (χ3v) is 13.9. The van der Waals surface area contributed by atoms with Crippen molar-refractivity contribution in [1.82, 2.24) is 0 Å². The minimum atomic E-state index is 0.0848. The van der Waals surface area contributed by atoms with Crippen LogP contribution < -0.4 is 0 Å². The lowest BCUT2D eigenvalue weighted by atomic mass is 9.95. The first-order valence-corrected chi connectivity index (χ1v) is 20.9. The predicted octanol–water partition coefficient (Wildman–Crippen LogP) is 14.0. The standard InChI is InChI=1S/C42H42N4S4/c1-5-9-11-27(7-3)17-31-13-15-37(47-31)39-35-21-33(19-29(23-43)24-44)50-42(35)40(36-22-34(49-41(36)39)20-30(25-45)26-46)38-16-14-32(48-38)18-28(8-4)12-10-6-2/h13-16,19-22,27-28H,5-12,17-18H2,1-4H3. The Morgan fingerprint density at radius 2 is 1.00 bits per heavy atom. The fourth-order valence-electron chi connectivity index (χ4n) is 6.60. The molecule has 0 N–H and O–H groups in total. The summed E-state index contributed by atoms with van der Waals surface area (Å²) >= 11 is 6.94. The lowest BCUT2D eigenvalue weighted by Gasteiger charge is -2.13. The summed E-state index contributed by atoms with van der Waals surface area (Å²) in [7, 11) is 0. The van der Waals surface area contributed by atoms with Gasteiger partial charge in [-0.2, -0.15) is 21.0 Å². The first-order chi connectivity index (χ1) is 24.4. The van der Waals surface area contributed by atoms with E-state index in [1.165, 1.54) is 58.0 Å². The number of nitriles is 4. The van der Waals surface area contributed by atoms with Crippen LogP contribution in [0.5, 0.6) is 0 Å². The molecular weight excluding hydrogens is 689 g/mol. The molecule has 4 nitrogen and oxygen atoms in total. The van der Waals surface area contributed by atoms with E-state index in [-0.39, 0.29) is 11.1 Å². The Hall–Kier alpha value is -4.02. The lowest BCUT2D eigenvalue weighted by molar-refractivity contribution is 0.452. The molecule has 2 unspecified atom stereocenters. The van der Waals surface area contributed by atoms with Gasteiger partial charge in [0.25, 0.3) is 0 Å². The van der Waals surface area contributed by atoms with Gasteiger partial charge in [0.1, 0.15) is 35.4 Å². The highest BCUT2D eigenvalue weighted by Crippen LogP contribution is 2.52. The van der Waals surface area contributed by atoms with Crippen LogP contribution in [0.2, 0.25) is 0 Å². The Labute approximate surface area is 312 Å². The summed E-state index contributed by atoms with van der Waals surface area (Å²) < 4.78 is 2.25. The maximum atomic E-state index is 9.61. The lowest BCUT2D eigenvalue weighted by Crippen LogP contribution is -2.01. The molecule has 0 fully saturated rings. The molecule has 0 amide bonds. The van der Waals surface area contributed by atoms with Crippen molar-refractivity contribution in [2.45, 2.75) is 91.9 Å². The molecule has 0 aliphatic carbocycles. The molecule has 50 heavy (non-hydrogen) atoms. The van der Waals surface area contributed by atoms with E-state index in [1.54, 1.807) is 34.8 Å². The number of hydrogen-bond acceptors (Lipinski definition) is 8. The largest absolute Gasteiger partial charge is 0.192 e. The fourth-order valence-corrected chi connectivity index (χ4v) is 11.5. The van der Waals surface area contributed by atoms with Gasteiger partial charge in [0.2, 0.25) is 0 Å². The number of rotatable bonds is 16. The van der Waals surface area contributed by atoms with Crippen molar-refractivity contribution < 1.29 is 0 Å². The SMILES string of the molecule is CCCCC(CC)Cc1ccc(-c2c3cc(C=C(C#N)C#N)sc3c(-c3ccc(CC(CC)CCCC)s3)c3cc(C=C(C#N)C#N)sc23)s1. The molecule has 5 rings (SSSR count). The highest BCUT2D eigenvalue weighted by atomic mass is 32.1. The van der Waals surface area contributed by atoms with Gasteiger partial charge in [-0.1, -0.05) is 79.1 Å². The van der Waals surface area contributed by atoms with Crippen LogP contribution in [-0.4, -0.2) is 0 Å². The minimum absolute atomic E-state index is 0.0848. The third kappa shape index (κ3) is 8.46. The van der Waals surface area contributed by atoms with Crippen LogP contribution in [0, 0.1) is 57.2 Å². The summed E-state index contributed by atoms with van der Waals surface area (Å²) in [5.41, 5.74) is 2.46. The maximum absolute atomic E-state index is 9.61. The van der Waals surface area contributed by atoms with E-state index in [1.807, 2.05) is 47.0 Å². The molecular formula is C42H42N4S4. The molecule has 5 aromatic rings. The Kier molecular flexibility index (Phi) is 13.2. The molecule has 0 spiro atoms. The Bertz CT molecular complexity index is 1950. The van der Waals surface area contributed by atoms with Gasteiger partial charge >= 0.3 is 0 Å². The van der Waals surface area contributed by atoms with Crippen molar-refractivity contribution >= 4 is 77.7 Å². The summed E-state index contributed by atoms with van der Waals surface area (Å²) in [6, 6.07) is 21.5. The van der Waals surface area contributed by atoms with E-state index < -0.39 is 0 Å². The topological polar surface area (TPSA) is 95.2 Å². The number of benzene rings is 1. The van der Waals surface area contributed by atoms with Gasteiger partial charge < -0.3 is 0 Å². The van der Waals surface area contributed by atoms with Crippen molar-refractivity contribution in [2.75, 3.05) is 0 Å². The van der Waals surface area contributed by atoms with Gasteiger partial charge in [-0.25, -0.2) is 0 Å². The zero-order chi connectivity index (χ0) is 35.6. The molecule has 0 aliphatic rings. The normalized spacial score (nSPS) is 12.2. The number of fused-ring (bicyclic) bond motifs is 2. The molecule has 0 bridgehead atoms. The molecule has 4 heterocycles. The number of allylic oxidation sites excluding steroid dienone is 2. The first-order valence-electron chi connectivity index (χ1n) is 17.6. The van der Waals surface area contributed by atoms with E-state index in [9.17, 15) is 21.0 Å². The van der Waals surface area contributed by atoms with Gasteiger partial charge in [-0.3, -0.25) is 0 Å². The van der Waals surface area contributed by atoms with Crippen molar-refractivity contribution in [3.63, 3.8) is 0 Å². The highest BCUT2D eigenvalue weighted by molar-refractivity contribution is 7.24. The average molecular weight is 731 g/mol. The number of nitrogens with zero attached hydrogens (tertiary/aromatic N) is 4. The smallest absolute Gasteiger partial charge is 0.131 e. The Morgan fingerprint density at radius 3 is 1.34 bits per heavy atom. The summed E-state index contributed by atoms with van der Waals surface area (Å²) in [5, 5.41) is 40.6. The van der Waals surface area contributed by atoms with Crippen molar-refractivity contribution in [2.24, 2.45) is 11.8 Å². The molecule has 0 saturated heterocycles. The molecule has 254 valence electrons. The molecule has 1 aromatic carbocycles. The van der Waals surface area contributed by atoms with Crippen LogP contribution in [-0.2, 0) is 12.8 Å². The monoisotopic (exact) mass is 730 g/mol. The van der Waals surface area contributed by atoms with Gasteiger partial charge in [-0.05, 0) is 73.2 Å². The Morgan fingerprint density at radius 1 is 0.600 bits per heavy atom. The van der Waals surface area contributed by atoms with Crippen LogP contribution >= 0.6 is 45.3 Å². The van der Waals surface area contributed by atoms with Gasteiger partial charge in [0.05, 0.1) is 0 Å². The van der Waals surface area contributed by atoms with Crippen molar-refractivity contribution in [1.29, 1.82) is 21.0 Å². The van der Waals surface area contributed by atoms with Gasteiger partial charge in [0, 0.05) is 60.6 Å². The second kappa shape index (κ2) is 17.8.